The number of benzene rings is 1. The lowest BCUT2D eigenvalue weighted by molar-refractivity contribution is -0.120. The third-order valence-corrected chi connectivity index (χ3v) is 3.63. The average Bonchev–Trinajstić information content (AvgIpc) is 2.41. The minimum absolute atomic E-state index is 0.0952. The molecule has 1 fully saturated rings. The molecule has 1 atom stereocenters. The van der Waals surface area contributed by atoms with Crippen molar-refractivity contribution in [1.82, 2.24) is 5.32 Å². The Kier molecular flexibility index (Phi) is 4.43. The van der Waals surface area contributed by atoms with Gasteiger partial charge in [-0.05, 0) is 44.0 Å². The molecule has 1 saturated heterocycles. The molecule has 1 aliphatic heterocycles. The van der Waals surface area contributed by atoms with Gasteiger partial charge >= 0.3 is 0 Å². The van der Waals surface area contributed by atoms with Crippen LogP contribution < -0.4 is 15.5 Å². The predicted octanol–water partition coefficient (Wildman–Crippen LogP) is 2.00. The maximum atomic E-state index is 12.2. The molecule has 0 saturated carbocycles. The monoisotopic (exact) mass is 261 g/mol. The summed E-state index contributed by atoms with van der Waals surface area (Å²) in [4.78, 5) is 14.2. The van der Waals surface area contributed by atoms with Gasteiger partial charge in [0, 0.05) is 32.0 Å². The molecule has 1 aliphatic rings. The Balaban J connectivity index is 2.06. The first-order valence-corrected chi connectivity index (χ1v) is 6.87. The number of anilines is 2. The van der Waals surface area contributed by atoms with Crippen molar-refractivity contribution in [2.75, 3.05) is 37.4 Å². The third-order valence-electron chi connectivity index (χ3n) is 3.63. The molecule has 1 amide bonds. The molecule has 104 valence electrons. The first kappa shape index (κ1) is 13.9. The van der Waals surface area contributed by atoms with Gasteiger partial charge in [-0.2, -0.15) is 0 Å². The van der Waals surface area contributed by atoms with Crippen LogP contribution in [0, 0.1) is 12.8 Å². The number of hydrogen-bond donors (Lipinski definition) is 2. The Bertz CT molecular complexity index is 451. The lowest BCUT2D eigenvalue weighted by atomic mass is 9.98. The van der Waals surface area contributed by atoms with Crippen molar-refractivity contribution in [3.05, 3.63) is 23.8 Å². The quantitative estimate of drug-likeness (QED) is 0.874. The number of piperidine rings is 1. The van der Waals surface area contributed by atoms with Crippen LogP contribution in [0.1, 0.15) is 18.4 Å². The molecule has 0 aliphatic carbocycles. The number of aryl methyl sites for hydroxylation is 1. The number of rotatable bonds is 3. The summed E-state index contributed by atoms with van der Waals surface area (Å²) in [5, 5.41) is 6.30. The van der Waals surface area contributed by atoms with Gasteiger partial charge in [-0.15, -0.1) is 0 Å². The van der Waals surface area contributed by atoms with E-state index >= 15 is 0 Å². The van der Waals surface area contributed by atoms with E-state index in [0.29, 0.717) is 0 Å². The number of hydrogen-bond acceptors (Lipinski definition) is 3. The zero-order valence-corrected chi connectivity index (χ0v) is 12.0. The zero-order valence-electron chi connectivity index (χ0n) is 12.0. The highest BCUT2D eigenvalue weighted by Crippen LogP contribution is 2.23. The van der Waals surface area contributed by atoms with E-state index in [4.69, 9.17) is 0 Å². The van der Waals surface area contributed by atoms with Gasteiger partial charge in [-0.1, -0.05) is 6.07 Å². The van der Waals surface area contributed by atoms with Gasteiger partial charge in [0.25, 0.3) is 0 Å². The highest BCUT2D eigenvalue weighted by molar-refractivity contribution is 5.93. The largest absolute Gasteiger partial charge is 0.377 e. The van der Waals surface area contributed by atoms with E-state index in [0.717, 1.165) is 37.3 Å². The Morgan fingerprint density at radius 2 is 2.21 bits per heavy atom. The van der Waals surface area contributed by atoms with Crippen LogP contribution in [0.4, 0.5) is 11.4 Å². The van der Waals surface area contributed by atoms with Gasteiger partial charge in [0.05, 0.1) is 5.92 Å². The number of carbonyl (C=O) groups excluding carboxylic acids is 1. The number of amides is 1. The molecule has 2 N–H and O–H groups in total. The fourth-order valence-electron chi connectivity index (χ4n) is 2.49. The van der Waals surface area contributed by atoms with Gasteiger partial charge in [-0.25, -0.2) is 0 Å². The molecule has 0 spiro atoms. The highest BCUT2D eigenvalue weighted by atomic mass is 16.1. The molecule has 1 aromatic carbocycles. The molecule has 0 unspecified atom stereocenters. The molecule has 19 heavy (non-hydrogen) atoms. The minimum Gasteiger partial charge on any atom is -0.377 e. The molecule has 1 heterocycles. The second-order valence-electron chi connectivity index (χ2n) is 5.43. The molecular weight excluding hydrogens is 238 g/mol. The molecule has 4 heteroatoms. The second kappa shape index (κ2) is 6.06. The van der Waals surface area contributed by atoms with Crippen LogP contribution in [0.5, 0.6) is 0 Å². The summed E-state index contributed by atoms with van der Waals surface area (Å²) < 4.78 is 0. The van der Waals surface area contributed by atoms with Crippen molar-refractivity contribution in [1.29, 1.82) is 0 Å². The van der Waals surface area contributed by atoms with Crippen molar-refractivity contribution in [2.24, 2.45) is 5.92 Å². The van der Waals surface area contributed by atoms with Crippen molar-refractivity contribution in [2.45, 2.75) is 19.8 Å². The van der Waals surface area contributed by atoms with Crippen LogP contribution in [0.3, 0.4) is 0 Å². The topological polar surface area (TPSA) is 44.4 Å². The standard InChI is InChI=1S/C15H23N3O/c1-11-6-7-13(9-14(11)18(2)3)17-15(19)12-5-4-8-16-10-12/h6-7,9,12,16H,4-5,8,10H2,1-3H3,(H,17,19)/t12-/m1/s1. The van der Waals surface area contributed by atoms with E-state index in [1.165, 1.54) is 5.56 Å². The Hall–Kier alpha value is -1.55. The van der Waals surface area contributed by atoms with E-state index in [1.807, 2.05) is 32.3 Å². The van der Waals surface area contributed by atoms with Gasteiger partial charge in [0.1, 0.15) is 0 Å². The van der Waals surface area contributed by atoms with E-state index in [1.54, 1.807) is 0 Å². The first-order valence-electron chi connectivity index (χ1n) is 6.87. The van der Waals surface area contributed by atoms with Crippen molar-refractivity contribution in [3.63, 3.8) is 0 Å². The number of nitrogens with one attached hydrogen (secondary N) is 2. The summed E-state index contributed by atoms with van der Waals surface area (Å²) >= 11 is 0. The molecular formula is C15H23N3O. The summed E-state index contributed by atoms with van der Waals surface area (Å²) in [5.41, 5.74) is 3.23. The van der Waals surface area contributed by atoms with Crippen molar-refractivity contribution in [3.8, 4) is 0 Å². The van der Waals surface area contributed by atoms with E-state index in [-0.39, 0.29) is 11.8 Å². The fourth-order valence-corrected chi connectivity index (χ4v) is 2.49. The van der Waals surface area contributed by atoms with Crippen LogP contribution in [0.2, 0.25) is 0 Å². The van der Waals surface area contributed by atoms with Gasteiger partial charge < -0.3 is 15.5 Å². The van der Waals surface area contributed by atoms with E-state index < -0.39 is 0 Å². The summed E-state index contributed by atoms with van der Waals surface area (Å²) in [6, 6.07) is 6.05. The first-order chi connectivity index (χ1) is 9.08. The molecule has 1 aromatic rings. The minimum atomic E-state index is 0.0952. The lowest BCUT2D eigenvalue weighted by Crippen LogP contribution is -2.37. The molecule has 4 nitrogen and oxygen atoms in total. The Morgan fingerprint density at radius 1 is 1.42 bits per heavy atom. The SMILES string of the molecule is Cc1ccc(NC(=O)[C@@H]2CCCNC2)cc1N(C)C. The van der Waals surface area contributed by atoms with Crippen LogP contribution in [-0.2, 0) is 4.79 Å². The van der Waals surface area contributed by atoms with Gasteiger partial charge in [0.2, 0.25) is 5.91 Å². The number of carbonyl (C=O) groups is 1. The normalized spacial score (nSPS) is 19.0. The highest BCUT2D eigenvalue weighted by Gasteiger charge is 2.20. The van der Waals surface area contributed by atoms with Gasteiger partial charge in [-0.3, -0.25) is 4.79 Å². The van der Waals surface area contributed by atoms with E-state index in [2.05, 4.69) is 22.5 Å². The third kappa shape index (κ3) is 3.47. The van der Waals surface area contributed by atoms with Crippen LogP contribution in [0.15, 0.2) is 18.2 Å². The summed E-state index contributed by atoms with van der Waals surface area (Å²) in [7, 11) is 4.03. The maximum absolute atomic E-state index is 12.2. The molecule has 0 radical (unpaired) electrons. The number of nitrogens with zero attached hydrogens (tertiary/aromatic N) is 1. The van der Waals surface area contributed by atoms with Gasteiger partial charge in [0.15, 0.2) is 0 Å². The Morgan fingerprint density at radius 3 is 2.84 bits per heavy atom. The molecule has 0 bridgehead atoms. The second-order valence-corrected chi connectivity index (χ2v) is 5.43. The van der Waals surface area contributed by atoms with E-state index in [9.17, 15) is 4.79 Å². The van der Waals surface area contributed by atoms with Crippen LogP contribution in [-0.4, -0.2) is 33.1 Å². The molecule has 2 rings (SSSR count). The molecule has 0 aromatic heterocycles. The lowest BCUT2D eigenvalue weighted by Gasteiger charge is -2.22. The van der Waals surface area contributed by atoms with Crippen molar-refractivity contribution >= 4 is 17.3 Å². The average molecular weight is 261 g/mol. The predicted molar refractivity (Wildman–Crippen MR) is 79.7 cm³/mol. The Labute approximate surface area is 115 Å². The smallest absolute Gasteiger partial charge is 0.228 e. The maximum Gasteiger partial charge on any atom is 0.228 e. The summed E-state index contributed by atoms with van der Waals surface area (Å²) in [5.74, 6) is 0.221. The summed E-state index contributed by atoms with van der Waals surface area (Å²) in [6.45, 7) is 3.89. The van der Waals surface area contributed by atoms with Crippen LogP contribution >= 0.6 is 0 Å². The van der Waals surface area contributed by atoms with Crippen molar-refractivity contribution < 1.29 is 4.79 Å². The summed E-state index contributed by atoms with van der Waals surface area (Å²) in [6.07, 6.45) is 2.06. The fraction of sp³-hybridized carbons (Fsp3) is 0.533. The van der Waals surface area contributed by atoms with Crippen LogP contribution in [0.25, 0.3) is 0 Å². The zero-order chi connectivity index (χ0) is 13.8.